The van der Waals surface area contributed by atoms with Crippen LogP contribution in [0.15, 0.2) is 12.2 Å². The van der Waals surface area contributed by atoms with Gasteiger partial charge in [-0.05, 0) is 13.3 Å². The van der Waals surface area contributed by atoms with Gasteiger partial charge in [0.15, 0.2) is 0 Å². The lowest BCUT2D eigenvalue weighted by atomic mass is 10.4. The Kier molecular flexibility index (Phi) is 3.49. The molecule has 0 heterocycles. The minimum Gasteiger partial charge on any atom is -0.286 e. The van der Waals surface area contributed by atoms with Crippen LogP contribution >= 0.6 is 0 Å². The van der Waals surface area contributed by atoms with E-state index in [0.29, 0.717) is 6.42 Å². The lowest BCUT2D eigenvalue weighted by Gasteiger charge is -1.88. The third kappa shape index (κ3) is 7.65. The second kappa shape index (κ2) is 3.63. The maximum absolute atomic E-state index is 10.0. The molecule has 3 nitrogen and oxygen atoms in total. The van der Waals surface area contributed by atoms with E-state index in [1.165, 1.54) is 0 Å². The van der Waals surface area contributed by atoms with Crippen LogP contribution in [0.1, 0.15) is 13.3 Å². The molecule has 0 aliphatic carbocycles. The summed E-state index contributed by atoms with van der Waals surface area (Å²) in [4.78, 5) is 0. The van der Waals surface area contributed by atoms with Crippen molar-refractivity contribution in [2.75, 3.05) is 5.75 Å². The van der Waals surface area contributed by atoms with Crippen LogP contribution in [-0.4, -0.2) is 18.7 Å². The summed E-state index contributed by atoms with van der Waals surface area (Å²) in [7, 11) is -3.75. The van der Waals surface area contributed by atoms with Crippen LogP contribution in [0.5, 0.6) is 0 Å². The van der Waals surface area contributed by atoms with Crippen molar-refractivity contribution < 1.29 is 13.0 Å². The molecule has 1 N–H and O–H groups in total. The highest BCUT2D eigenvalue weighted by Gasteiger charge is 1.99. The van der Waals surface area contributed by atoms with Gasteiger partial charge in [-0.15, -0.1) is 0 Å². The Morgan fingerprint density at radius 1 is 1.56 bits per heavy atom. The van der Waals surface area contributed by atoms with Crippen molar-refractivity contribution in [2.24, 2.45) is 0 Å². The van der Waals surface area contributed by atoms with E-state index in [4.69, 9.17) is 4.55 Å². The average molecular weight is 150 g/mol. The summed E-state index contributed by atoms with van der Waals surface area (Å²) in [6.07, 6.45) is 3.81. The van der Waals surface area contributed by atoms with E-state index in [-0.39, 0.29) is 5.75 Å². The molecule has 0 amide bonds. The number of hydrogen-bond acceptors (Lipinski definition) is 2. The molecule has 0 aromatic rings. The van der Waals surface area contributed by atoms with E-state index >= 15 is 0 Å². The van der Waals surface area contributed by atoms with Crippen LogP contribution < -0.4 is 0 Å². The molecule has 0 rings (SSSR count). The Morgan fingerprint density at radius 2 is 2.11 bits per heavy atom. The molecule has 0 saturated heterocycles. The largest absolute Gasteiger partial charge is 0.286 e. The summed E-state index contributed by atoms with van der Waals surface area (Å²) in [5.41, 5.74) is 0. The predicted octanol–water partition coefficient (Wildman–Crippen LogP) is 0.840. The van der Waals surface area contributed by atoms with E-state index < -0.39 is 10.1 Å². The molecule has 0 bridgehead atoms. The normalized spacial score (nSPS) is 12.7. The minimum atomic E-state index is -3.75. The van der Waals surface area contributed by atoms with Gasteiger partial charge >= 0.3 is 0 Å². The molecule has 0 fully saturated rings. The Labute approximate surface area is 55.1 Å². The zero-order valence-corrected chi connectivity index (χ0v) is 6.06. The zero-order chi connectivity index (χ0) is 7.33. The first kappa shape index (κ1) is 8.65. The molecule has 0 aliphatic rings. The van der Waals surface area contributed by atoms with Crippen molar-refractivity contribution >= 4 is 10.1 Å². The van der Waals surface area contributed by atoms with Crippen molar-refractivity contribution in [2.45, 2.75) is 13.3 Å². The van der Waals surface area contributed by atoms with Gasteiger partial charge < -0.3 is 0 Å². The van der Waals surface area contributed by atoms with Crippen LogP contribution in [0.25, 0.3) is 0 Å². The van der Waals surface area contributed by atoms with Crippen molar-refractivity contribution in [1.29, 1.82) is 0 Å². The maximum atomic E-state index is 10.0. The zero-order valence-electron chi connectivity index (χ0n) is 5.24. The molecular formula is C5H10O3S. The third-order valence-corrected chi connectivity index (χ3v) is 1.53. The average Bonchev–Trinajstić information content (AvgIpc) is 1.63. The smallest absolute Gasteiger partial charge is 0.265 e. The topological polar surface area (TPSA) is 54.4 Å². The summed E-state index contributed by atoms with van der Waals surface area (Å²) < 4.78 is 28.2. The fourth-order valence-electron chi connectivity index (χ4n) is 0.384. The third-order valence-electron chi connectivity index (χ3n) is 0.778. The first-order valence-electron chi connectivity index (χ1n) is 2.62. The van der Waals surface area contributed by atoms with Gasteiger partial charge in [-0.1, -0.05) is 12.2 Å². The fraction of sp³-hybridized carbons (Fsp3) is 0.600. The highest BCUT2D eigenvalue weighted by molar-refractivity contribution is 7.85. The van der Waals surface area contributed by atoms with Crippen molar-refractivity contribution in [3.8, 4) is 0 Å². The van der Waals surface area contributed by atoms with Gasteiger partial charge in [-0.25, -0.2) is 0 Å². The Bertz CT molecular complexity index is 178. The lowest BCUT2D eigenvalue weighted by Crippen LogP contribution is -2.01. The summed E-state index contributed by atoms with van der Waals surface area (Å²) in [6.45, 7) is 1.80. The van der Waals surface area contributed by atoms with Crippen LogP contribution in [0.3, 0.4) is 0 Å². The first-order valence-corrected chi connectivity index (χ1v) is 4.23. The molecule has 0 spiro atoms. The van der Waals surface area contributed by atoms with E-state index in [2.05, 4.69) is 0 Å². The molecular weight excluding hydrogens is 140 g/mol. The van der Waals surface area contributed by atoms with Gasteiger partial charge in [-0.3, -0.25) is 4.55 Å². The molecule has 0 aromatic heterocycles. The molecule has 0 atom stereocenters. The molecule has 0 aromatic carbocycles. The minimum absolute atomic E-state index is 0.183. The molecule has 0 aliphatic heterocycles. The summed E-state index contributed by atoms with van der Waals surface area (Å²) in [6, 6.07) is 0. The van der Waals surface area contributed by atoms with E-state index in [1.807, 2.05) is 0 Å². The summed E-state index contributed by atoms with van der Waals surface area (Å²) >= 11 is 0. The molecule has 0 unspecified atom stereocenters. The van der Waals surface area contributed by atoms with Crippen LogP contribution in [-0.2, 0) is 10.1 Å². The Balaban J connectivity index is 3.53. The maximum Gasteiger partial charge on any atom is 0.265 e. The number of hydrogen-bond donors (Lipinski definition) is 1. The lowest BCUT2D eigenvalue weighted by molar-refractivity contribution is 0.483. The number of allylic oxidation sites excluding steroid dienone is 2. The number of rotatable bonds is 3. The van der Waals surface area contributed by atoms with Crippen molar-refractivity contribution in [1.82, 2.24) is 0 Å². The van der Waals surface area contributed by atoms with Gasteiger partial charge in [0.05, 0.1) is 5.75 Å². The summed E-state index contributed by atoms with van der Waals surface area (Å²) in [5, 5.41) is 0. The van der Waals surface area contributed by atoms with Crippen LogP contribution in [0, 0.1) is 0 Å². The van der Waals surface area contributed by atoms with E-state index in [1.54, 1.807) is 19.1 Å². The second-order valence-electron chi connectivity index (χ2n) is 1.64. The van der Waals surface area contributed by atoms with E-state index in [9.17, 15) is 8.42 Å². The SMILES string of the molecule is CC=CCCS(=O)(=O)O. The molecule has 54 valence electrons. The predicted molar refractivity (Wildman–Crippen MR) is 35.8 cm³/mol. The quantitative estimate of drug-likeness (QED) is 0.479. The molecule has 9 heavy (non-hydrogen) atoms. The van der Waals surface area contributed by atoms with Crippen molar-refractivity contribution in [3.05, 3.63) is 12.2 Å². The van der Waals surface area contributed by atoms with Gasteiger partial charge in [0.2, 0.25) is 0 Å². The highest BCUT2D eigenvalue weighted by Crippen LogP contribution is 1.88. The molecule has 0 radical (unpaired) electrons. The molecule has 4 heteroatoms. The van der Waals surface area contributed by atoms with Gasteiger partial charge in [0.1, 0.15) is 0 Å². The van der Waals surface area contributed by atoms with Crippen LogP contribution in [0.4, 0.5) is 0 Å². The van der Waals surface area contributed by atoms with Crippen LogP contribution in [0.2, 0.25) is 0 Å². The monoisotopic (exact) mass is 150 g/mol. The Hall–Kier alpha value is -0.350. The highest BCUT2D eigenvalue weighted by atomic mass is 32.2. The van der Waals surface area contributed by atoms with Crippen molar-refractivity contribution in [3.63, 3.8) is 0 Å². The fourth-order valence-corrected chi connectivity index (χ4v) is 0.818. The van der Waals surface area contributed by atoms with Gasteiger partial charge in [-0.2, -0.15) is 8.42 Å². The van der Waals surface area contributed by atoms with E-state index in [0.717, 1.165) is 0 Å². The standard InChI is InChI=1S/C5H10O3S/c1-2-3-4-5-9(6,7)8/h2-3H,4-5H2,1H3,(H,6,7,8). The first-order chi connectivity index (χ1) is 4.06. The Morgan fingerprint density at radius 3 is 2.44 bits per heavy atom. The van der Waals surface area contributed by atoms with Gasteiger partial charge in [0.25, 0.3) is 10.1 Å². The summed E-state index contributed by atoms with van der Waals surface area (Å²) in [5.74, 6) is -0.183. The van der Waals surface area contributed by atoms with Gasteiger partial charge in [0, 0.05) is 0 Å². The second-order valence-corrected chi connectivity index (χ2v) is 3.22. The molecule has 0 saturated carbocycles.